The predicted octanol–water partition coefficient (Wildman–Crippen LogP) is 2.88. The van der Waals surface area contributed by atoms with Gasteiger partial charge in [-0.05, 0) is 42.8 Å². The summed E-state index contributed by atoms with van der Waals surface area (Å²) < 4.78 is 32.1. The lowest BCUT2D eigenvalue weighted by molar-refractivity contribution is 0.0773. The van der Waals surface area contributed by atoms with Crippen molar-refractivity contribution in [3.63, 3.8) is 0 Å². The van der Waals surface area contributed by atoms with Crippen LogP contribution >= 0.6 is 0 Å². The standard InChI is InChI=1S/C21H23F2N3O2/c22-16-3-6-20(19(23)13-16)28-18-4-1-15(2-5-18)21(27)26-10-7-17(14-26)25-11-8-24-9-12-25/h1-6,13,17,24H,7-12,14H2. The van der Waals surface area contributed by atoms with E-state index in [1.807, 2.05) is 4.90 Å². The van der Waals surface area contributed by atoms with E-state index in [0.29, 0.717) is 17.4 Å². The van der Waals surface area contributed by atoms with Gasteiger partial charge in [-0.25, -0.2) is 8.78 Å². The molecule has 2 aliphatic heterocycles. The molecule has 0 saturated carbocycles. The fraction of sp³-hybridized carbons (Fsp3) is 0.381. The number of carbonyl (C=O) groups is 1. The normalized spacial score (nSPS) is 20.4. The Bertz CT molecular complexity index is 838. The summed E-state index contributed by atoms with van der Waals surface area (Å²) in [4.78, 5) is 17.1. The molecule has 7 heteroatoms. The summed E-state index contributed by atoms with van der Waals surface area (Å²) in [5, 5.41) is 3.35. The van der Waals surface area contributed by atoms with Crippen LogP contribution in [0, 0.1) is 11.6 Å². The van der Waals surface area contributed by atoms with Gasteiger partial charge >= 0.3 is 0 Å². The van der Waals surface area contributed by atoms with E-state index in [4.69, 9.17) is 4.74 Å². The smallest absolute Gasteiger partial charge is 0.253 e. The van der Waals surface area contributed by atoms with Crippen molar-refractivity contribution in [2.75, 3.05) is 39.3 Å². The third-order valence-electron chi connectivity index (χ3n) is 5.34. The van der Waals surface area contributed by atoms with Crippen molar-refractivity contribution in [3.8, 4) is 11.5 Å². The number of piperazine rings is 1. The van der Waals surface area contributed by atoms with Crippen molar-refractivity contribution in [3.05, 3.63) is 59.7 Å². The number of hydrogen-bond donors (Lipinski definition) is 1. The van der Waals surface area contributed by atoms with E-state index in [2.05, 4.69) is 10.2 Å². The molecule has 0 aliphatic carbocycles. The molecule has 0 spiro atoms. The van der Waals surface area contributed by atoms with Crippen molar-refractivity contribution >= 4 is 5.91 Å². The van der Waals surface area contributed by atoms with Crippen LogP contribution in [0.15, 0.2) is 42.5 Å². The number of halogens is 2. The predicted molar refractivity (Wildman–Crippen MR) is 102 cm³/mol. The monoisotopic (exact) mass is 387 g/mol. The van der Waals surface area contributed by atoms with Crippen LogP contribution in [0.1, 0.15) is 16.8 Å². The summed E-state index contributed by atoms with van der Waals surface area (Å²) in [7, 11) is 0. The zero-order chi connectivity index (χ0) is 19.5. The minimum Gasteiger partial charge on any atom is -0.454 e. The molecule has 4 rings (SSSR count). The second kappa shape index (κ2) is 8.24. The van der Waals surface area contributed by atoms with Gasteiger partial charge in [0.2, 0.25) is 0 Å². The first-order valence-electron chi connectivity index (χ1n) is 9.57. The number of likely N-dealkylation sites (tertiary alicyclic amines) is 1. The molecule has 5 nitrogen and oxygen atoms in total. The van der Waals surface area contributed by atoms with E-state index in [9.17, 15) is 13.6 Å². The molecular formula is C21H23F2N3O2. The van der Waals surface area contributed by atoms with E-state index >= 15 is 0 Å². The topological polar surface area (TPSA) is 44.8 Å². The average Bonchev–Trinajstić information content (AvgIpc) is 3.21. The quantitative estimate of drug-likeness (QED) is 0.876. The Balaban J connectivity index is 1.37. The summed E-state index contributed by atoms with van der Waals surface area (Å²) in [6.07, 6.45) is 0.997. The maximum Gasteiger partial charge on any atom is 0.253 e. The largest absolute Gasteiger partial charge is 0.454 e. The highest BCUT2D eigenvalue weighted by molar-refractivity contribution is 5.94. The zero-order valence-corrected chi connectivity index (χ0v) is 15.5. The number of nitrogens with zero attached hydrogens (tertiary/aromatic N) is 2. The van der Waals surface area contributed by atoms with Crippen LogP contribution in [0.5, 0.6) is 11.5 Å². The zero-order valence-electron chi connectivity index (χ0n) is 15.5. The molecular weight excluding hydrogens is 364 g/mol. The average molecular weight is 387 g/mol. The van der Waals surface area contributed by atoms with Gasteiger partial charge in [-0.3, -0.25) is 9.69 Å². The third-order valence-corrected chi connectivity index (χ3v) is 5.34. The van der Waals surface area contributed by atoms with Gasteiger partial charge in [0.05, 0.1) is 0 Å². The van der Waals surface area contributed by atoms with Crippen LogP contribution in [0.3, 0.4) is 0 Å². The minimum atomic E-state index is -0.767. The van der Waals surface area contributed by atoms with Crippen molar-refractivity contribution < 1.29 is 18.3 Å². The van der Waals surface area contributed by atoms with Gasteiger partial charge in [-0.2, -0.15) is 0 Å². The second-order valence-corrected chi connectivity index (χ2v) is 7.18. The fourth-order valence-electron chi connectivity index (χ4n) is 3.80. The van der Waals surface area contributed by atoms with Crippen LogP contribution < -0.4 is 10.1 Å². The molecule has 28 heavy (non-hydrogen) atoms. The summed E-state index contributed by atoms with van der Waals surface area (Å²) in [6, 6.07) is 10.2. The lowest BCUT2D eigenvalue weighted by atomic mass is 10.2. The molecule has 2 aromatic rings. The van der Waals surface area contributed by atoms with E-state index in [0.717, 1.165) is 57.8 Å². The summed E-state index contributed by atoms with van der Waals surface area (Å²) in [5.74, 6) is -1.09. The van der Waals surface area contributed by atoms with Gasteiger partial charge in [-0.1, -0.05) is 0 Å². The van der Waals surface area contributed by atoms with Crippen LogP contribution in [-0.2, 0) is 0 Å². The molecule has 2 aromatic carbocycles. The van der Waals surface area contributed by atoms with Gasteiger partial charge < -0.3 is 15.0 Å². The first-order valence-corrected chi connectivity index (χ1v) is 9.57. The Morgan fingerprint density at radius 1 is 1.04 bits per heavy atom. The van der Waals surface area contributed by atoms with Gasteiger partial charge in [-0.15, -0.1) is 0 Å². The molecule has 1 atom stereocenters. The molecule has 1 unspecified atom stereocenters. The summed E-state index contributed by atoms with van der Waals surface area (Å²) in [6.45, 7) is 5.56. The van der Waals surface area contributed by atoms with Crippen molar-refractivity contribution in [1.29, 1.82) is 0 Å². The number of rotatable bonds is 4. The Morgan fingerprint density at radius 3 is 2.50 bits per heavy atom. The Morgan fingerprint density at radius 2 is 1.79 bits per heavy atom. The first kappa shape index (κ1) is 18.8. The number of amides is 1. The van der Waals surface area contributed by atoms with Crippen LogP contribution in [0.4, 0.5) is 8.78 Å². The first-order chi connectivity index (χ1) is 13.6. The molecule has 2 heterocycles. The summed E-state index contributed by atoms with van der Waals surface area (Å²) in [5.41, 5.74) is 0.577. The second-order valence-electron chi connectivity index (χ2n) is 7.18. The Labute approximate surface area is 162 Å². The SMILES string of the molecule is O=C(c1ccc(Oc2ccc(F)cc2F)cc1)N1CCC(N2CCNCC2)C1. The van der Waals surface area contributed by atoms with Crippen LogP contribution in [-0.4, -0.2) is 61.0 Å². The highest BCUT2D eigenvalue weighted by Gasteiger charge is 2.31. The van der Waals surface area contributed by atoms with Gasteiger partial charge in [0.1, 0.15) is 11.6 Å². The fourth-order valence-corrected chi connectivity index (χ4v) is 3.80. The molecule has 2 aliphatic rings. The third kappa shape index (κ3) is 4.15. The molecule has 1 N–H and O–H groups in total. The van der Waals surface area contributed by atoms with E-state index < -0.39 is 11.6 Å². The van der Waals surface area contributed by atoms with Crippen LogP contribution in [0.2, 0.25) is 0 Å². The summed E-state index contributed by atoms with van der Waals surface area (Å²) >= 11 is 0. The van der Waals surface area contributed by atoms with Crippen molar-refractivity contribution in [1.82, 2.24) is 15.1 Å². The maximum atomic E-state index is 13.7. The molecule has 2 saturated heterocycles. The molecule has 1 amide bonds. The lowest BCUT2D eigenvalue weighted by Crippen LogP contribution is -2.49. The number of nitrogens with one attached hydrogen (secondary N) is 1. The minimum absolute atomic E-state index is 0.00264. The molecule has 0 bridgehead atoms. The number of ether oxygens (including phenoxy) is 1. The highest BCUT2D eigenvalue weighted by Crippen LogP contribution is 2.26. The molecule has 2 fully saturated rings. The van der Waals surface area contributed by atoms with Gasteiger partial charge in [0.15, 0.2) is 11.6 Å². The number of hydrogen-bond acceptors (Lipinski definition) is 4. The van der Waals surface area contributed by atoms with Gasteiger partial charge in [0.25, 0.3) is 5.91 Å². The van der Waals surface area contributed by atoms with E-state index in [1.54, 1.807) is 24.3 Å². The van der Waals surface area contributed by atoms with Crippen LogP contribution in [0.25, 0.3) is 0 Å². The van der Waals surface area contributed by atoms with Gasteiger partial charge in [0, 0.05) is 56.9 Å². The number of carbonyl (C=O) groups excluding carboxylic acids is 1. The van der Waals surface area contributed by atoms with Crippen molar-refractivity contribution in [2.45, 2.75) is 12.5 Å². The lowest BCUT2D eigenvalue weighted by Gasteiger charge is -2.32. The molecule has 0 radical (unpaired) electrons. The molecule has 148 valence electrons. The maximum absolute atomic E-state index is 13.7. The van der Waals surface area contributed by atoms with E-state index in [1.165, 1.54) is 6.07 Å². The Hall–Kier alpha value is -2.51. The highest BCUT2D eigenvalue weighted by atomic mass is 19.1. The number of benzene rings is 2. The Kier molecular flexibility index (Phi) is 5.54. The van der Waals surface area contributed by atoms with Crippen molar-refractivity contribution in [2.24, 2.45) is 0 Å². The van der Waals surface area contributed by atoms with E-state index in [-0.39, 0.29) is 11.7 Å². The molecule has 0 aromatic heterocycles.